The highest BCUT2D eigenvalue weighted by molar-refractivity contribution is 9.10. The average Bonchev–Trinajstić information content (AvgIpc) is 2.51. The largest absolute Gasteiger partial charge is 0.314 e. The number of hydrogen-bond acceptors (Lipinski definition) is 2. The fourth-order valence-corrected chi connectivity index (χ4v) is 3.44. The van der Waals surface area contributed by atoms with Crippen LogP contribution in [0.5, 0.6) is 0 Å². The first kappa shape index (κ1) is 19.6. The summed E-state index contributed by atoms with van der Waals surface area (Å²) in [5.74, 6) is -0.153. The summed E-state index contributed by atoms with van der Waals surface area (Å²) in [6.07, 6.45) is 6.38. The standard InChI is InChI=1S/C17H24BrFN2.ClH/c1-2-3-4-5-6-17(21-11-9-20-10-12-21)15-13-14(19)7-8-16(15)18;/h2,7-8,13,17,20H,1,3-6,9-12H2;1H/t17-;/m1./s1. The fraction of sp³-hybridized carbons (Fsp3) is 0.529. The normalized spacial score (nSPS) is 16.8. The van der Waals surface area contributed by atoms with Gasteiger partial charge in [0.25, 0.3) is 0 Å². The van der Waals surface area contributed by atoms with E-state index in [0.29, 0.717) is 6.04 Å². The Labute approximate surface area is 147 Å². The molecule has 0 saturated carbocycles. The Hall–Kier alpha value is -0.420. The molecule has 0 spiro atoms. The summed E-state index contributed by atoms with van der Waals surface area (Å²) in [5.41, 5.74) is 1.08. The Bertz CT molecular complexity index is 464. The van der Waals surface area contributed by atoms with Gasteiger partial charge in [0.1, 0.15) is 5.82 Å². The summed E-state index contributed by atoms with van der Waals surface area (Å²) in [5, 5.41) is 3.38. The molecule has 1 aliphatic heterocycles. The van der Waals surface area contributed by atoms with Crippen LogP contribution in [0.15, 0.2) is 35.3 Å². The van der Waals surface area contributed by atoms with Gasteiger partial charge in [0.2, 0.25) is 0 Å². The molecule has 1 saturated heterocycles. The number of allylic oxidation sites excluding steroid dienone is 1. The van der Waals surface area contributed by atoms with Gasteiger partial charge in [-0.3, -0.25) is 4.90 Å². The summed E-state index contributed by atoms with van der Waals surface area (Å²) in [7, 11) is 0. The molecule has 5 heteroatoms. The number of halogens is 3. The summed E-state index contributed by atoms with van der Waals surface area (Å²) >= 11 is 3.60. The molecule has 2 rings (SSSR count). The van der Waals surface area contributed by atoms with Crippen molar-refractivity contribution in [1.29, 1.82) is 0 Å². The van der Waals surface area contributed by atoms with Crippen LogP contribution >= 0.6 is 28.3 Å². The van der Waals surface area contributed by atoms with Gasteiger partial charge in [-0.2, -0.15) is 0 Å². The van der Waals surface area contributed by atoms with Gasteiger partial charge >= 0.3 is 0 Å². The lowest BCUT2D eigenvalue weighted by atomic mass is 9.98. The van der Waals surface area contributed by atoms with Crippen molar-refractivity contribution >= 4 is 28.3 Å². The minimum Gasteiger partial charge on any atom is -0.314 e. The molecule has 0 bridgehead atoms. The molecule has 0 aliphatic carbocycles. The van der Waals surface area contributed by atoms with E-state index in [-0.39, 0.29) is 18.2 Å². The monoisotopic (exact) mass is 390 g/mol. The van der Waals surface area contributed by atoms with E-state index in [1.165, 1.54) is 6.07 Å². The summed E-state index contributed by atoms with van der Waals surface area (Å²) in [4.78, 5) is 2.48. The molecule has 1 aromatic rings. The second-order valence-corrected chi connectivity index (χ2v) is 6.40. The van der Waals surface area contributed by atoms with Gasteiger partial charge in [-0.05, 0) is 43.0 Å². The maximum Gasteiger partial charge on any atom is 0.123 e. The molecule has 1 N–H and O–H groups in total. The van der Waals surface area contributed by atoms with E-state index in [1.807, 2.05) is 12.1 Å². The first-order valence-corrected chi connectivity index (χ1v) is 8.52. The quantitative estimate of drug-likeness (QED) is 0.535. The first-order valence-electron chi connectivity index (χ1n) is 7.73. The van der Waals surface area contributed by atoms with Crippen LogP contribution in [0.2, 0.25) is 0 Å². The van der Waals surface area contributed by atoms with E-state index >= 15 is 0 Å². The predicted octanol–water partition coefficient (Wildman–Crippen LogP) is 4.70. The minimum atomic E-state index is -0.153. The Morgan fingerprint density at radius 2 is 2.05 bits per heavy atom. The molecule has 1 aliphatic rings. The van der Waals surface area contributed by atoms with Gasteiger partial charge in [0, 0.05) is 36.7 Å². The Morgan fingerprint density at radius 1 is 1.32 bits per heavy atom. The average molecular weight is 392 g/mol. The van der Waals surface area contributed by atoms with Crippen LogP contribution in [-0.2, 0) is 0 Å². The van der Waals surface area contributed by atoms with E-state index in [4.69, 9.17) is 0 Å². The van der Waals surface area contributed by atoms with E-state index in [1.54, 1.807) is 6.07 Å². The summed E-state index contributed by atoms with van der Waals surface area (Å²) < 4.78 is 14.7. The number of unbranched alkanes of at least 4 members (excludes halogenated alkanes) is 2. The molecule has 0 aromatic heterocycles. The van der Waals surface area contributed by atoms with Crippen molar-refractivity contribution in [2.24, 2.45) is 0 Å². The second-order valence-electron chi connectivity index (χ2n) is 5.54. The first-order chi connectivity index (χ1) is 10.2. The molecule has 22 heavy (non-hydrogen) atoms. The van der Waals surface area contributed by atoms with Gasteiger partial charge in [-0.25, -0.2) is 4.39 Å². The second kappa shape index (κ2) is 10.4. The van der Waals surface area contributed by atoms with E-state index < -0.39 is 0 Å². The van der Waals surface area contributed by atoms with E-state index in [0.717, 1.165) is 61.9 Å². The molecule has 1 heterocycles. The zero-order valence-corrected chi connectivity index (χ0v) is 15.3. The maximum absolute atomic E-state index is 13.7. The van der Waals surface area contributed by atoms with Crippen LogP contribution in [0.4, 0.5) is 4.39 Å². The number of piperazine rings is 1. The highest BCUT2D eigenvalue weighted by atomic mass is 79.9. The predicted molar refractivity (Wildman–Crippen MR) is 97.2 cm³/mol. The highest BCUT2D eigenvalue weighted by Crippen LogP contribution is 2.32. The van der Waals surface area contributed by atoms with E-state index in [9.17, 15) is 4.39 Å². The van der Waals surface area contributed by atoms with Crippen molar-refractivity contribution in [3.05, 3.63) is 46.7 Å². The smallest absolute Gasteiger partial charge is 0.123 e. The number of nitrogens with one attached hydrogen (secondary N) is 1. The Kier molecular flexibility index (Phi) is 9.25. The van der Waals surface area contributed by atoms with Crippen molar-refractivity contribution in [2.45, 2.75) is 31.7 Å². The van der Waals surface area contributed by atoms with Crippen molar-refractivity contribution in [2.75, 3.05) is 26.2 Å². The molecule has 2 nitrogen and oxygen atoms in total. The number of rotatable bonds is 7. The SMILES string of the molecule is C=CCCCC[C@H](c1cc(F)ccc1Br)N1CCNCC1.Cl. The minimum absolute atomic E-state index is 0. The van der Waals surface area contributed by atoms with Crippen LogP contribution in [0.3, 0.4) is 0 Å². The number of hydrogen-bond donors (Lipinski definition) is 1. The van der Waals surface area contributed by atoms with Crippen molar-refractivity contribution < 1.29 is 4.39 Å². The summed E-state index contributed by atoms with van der Waals surface area (Å²) in [6.45, 7) is 7.84. The third kappa shape index (κ3) is 5.65. The topological polar surface area (TPSA) is 15.3 Å². The molecule has 1 aromatic carbocycles. The third-order valence-electron chi connectivity index (χ3n) is 4.05. The van der Waals surface area contributed by atoms with Crippen LogP contribution in [0.1, 0.15) is 37.3 Å². The summed E-state index contributed by atoms with van der Waals surface area (Å²) in [6, 6.07) is 5.32. The maximum atomic E-state index is 13.7. The van der Waals surface area contributed by atoms with Crippen LogP contribution in [-0.4, -0.2) is 31.1 Å². The van der Waals surface area contributed by atoms with Gasteiger partial charge in [-0.15, -0.1) is 19.0 Å². The van der Waals surface area contributed by atoms with Crippen molar-refractivity contribution in [3.63, 3.8) is 0 Å². The molecular formula is C17H25BrClFN2. The van der Waals surface area contributed by atoms with Crippen molar-refractivity contribution in [3.8, 4) is 0 Å². The zero-order chi connectivity index (χ0) is 15.1. The Morgan fingerprint density at radius 3 is 2.73 bits per heavy atom. The van der Waals surface area contributed by atoms with Gasteiger partial charge in [-0.1, -0.05) is 28.4 Å². The molecule has 124 valence electrons. The molecule has 1 atom stereocenters. The molecular weight excluding hydrogens is 367 g/mol. The highest BCUT2D eigenvalue weighted by Gasteiger charge is 2.23. The third-order valence-corrected chi connectivity index (χ3v) is 4.77. The lowest BCUT2D eigenvalue weighted by Gasteiger charge is -2.36. The van der Waals surface area contributed by atoms with Crippen LogP contribution in [0, 0.1) is 5.82 Å². The molecule has 0 unspecified atom stereocenters. The molecule has 0 radical (unpaired) electrons. The number of benzene rings is 1. The molecule has 1 fully saturated rings. The lowest BCUT2D eigenvalue weighted by Crippen LogP contribution is -2.45. The Balaban J connectivity index is 0.00000242. The zero-order valence-electron chi connectivity index (χ0n) is 12.9. The number of nitrogens with zero attached hydrogens (tertiary/aromatic N) is 1. The van der Waals surface area contributed by atoms with Crippen LogP contribution < -0.4 is 5.32 Å². The van der Waals surface area contributed by atoms with Gasteiger partial charge in [0.15, 0.2) is 0 Å². The van der Waals surface area contributed by atoms with Gasteiger partial charge in [0.05, 0.1) is 0 Å². The van der Waals surface area contributed by atoms with E-state index in [2.05, 4.69) is 32.7 Å². The van der Waals surface area contributed by atoms with Gasteiger partial charge < -0.3 is 5.32 Å². The van der Waals surface area contributed by atoms with Crippen molar-refractivity contribution in [1.82, 2.24) is 10.2 Å². The lowest BCUT2D eigenvalue weighted by molar-refractivity contribution is 0.162. The molecule has 0 amide bonds. The fourth-order valence-electron chi connectivity index (χ4n) is 2.92. The van der Waals surface area contributed by atoms with Crippen LogP contribution in [0.25, 0.3) is 0 Å².